The molecule has 1 saturated heterocycles. The lowest BCUT2D eigenvalue weighted by molar-refractivity contribution is -0.125. The summed E-state index contributed by atoms with van der Waals surface area (Å²) in [6.45, 7) is 3.45. The first kappa shape index (κ1) is 25.1. The fourth-order valence-electron chi connectivity index (χ4n) is 4.61. The van der Waals surface area contributed by atoms with Crippen molar-refractivity contribution in [3.8, 4) is 0 Å². The molecule has 1 heterocycles. The highest BCUT2D eigenvalue weighted by Gasteiger charge is 2.34. The van der Waals surface area contributed by atoms with Crippen molar-refractivity contribution < 1.29 is 13.2 Å². The van der Waals surface area contributed by atoms with E-state index in [9.17, 15) is 13.2 Å². The topological polar surface area (TPSA) is 78.5 Å². The van der Waals surface area contributed by atoms with Crippen LogP contribution in [0.3, 0.4) is 0 Å². The lowest BCUT2D eigenvalue weighted by Crippen LogP contribution is -2.52. The molecule has 4 rings (SSSR count). The summed E-state index contributed by atoms with van der Waals surface area (Å²) in [5.41, 5.74) is 3.29. The summed E-state index contributed by atoms with van der Waals surface area (Å²) in [7, 11) is -2.04. The molecule has 3 aromatic rings. The largest absolute Gasteiger partial charge is 0.355 e. The molecule has 0 bridgehead atoms. The highest BCUT2D eigenvalue weighted by atomic mass is 32.2. The number of piperidine rings is 1. The van der Waals surface area contributed by atoms with Crippen molar-refractivity contribution in [3.63, 3.8) is 0 Å². The summed E-state index contributed by atoms with van der Waals surface area (Å²) in [6, 6.07) is 26.9. The third-order valence-electron chi connectivity index (χ3n) is 6.79. The van der Waals surface area contributed by atoms with Gasteiger partial charge < -0.3 is 10.6 Å². The van der Waals surface area contributed by atoms with E-state index in [0.717, 1.165) is 16.7 Å². The van der Waals surface area contributed by atoms with Gasteiger partial charge in [0.2, 0.25) is 15.9 Å². The van der Waals surface area contributed by atoms with Gasteiger partial charge in [0.15, 0.2) is 0 Å². The van der Waals surface area contributed by atoms with Crippen molar-refractivity contribution in [3.05, 3.63) is 102 Å². The summed E-state index contributed by atoms with van der Waals surface area (Å²) < 4.78 is 27.7. The fourth-order valence-corrected chi connectivity index (χ4v) is 5.98. The Morgan fingerprint density at radius 2 is 1.51 bits per heavy atom. The molecule has 0 aliphatic carbocycles. The third kappa shape index (κ3) is 5.99. The number of hydrogen-bond acceptors (Lipinski definition) is 4. The molecule has 184 valence electrons. The number of nitrogens with one attached hydrogen (secondary N) is 2. The molecule has 3 aromatic carbocycles. The maximum Gasteiger partial charge on any atom is 0.243 e. The molecule has 1 amide bonds. The van der Waals surface area contributed by atoms with Crippen LogP contribution in [0.2, 0.25) is 0 Å². The van der Waals surface area contributed by atoms with Crippen LogP contribution in [-0.2, 0) is 14.8 Å². The molecule has 1 fully saturated rings. The molecular weight excluding hydrogens is 458 g/mol. The predicted octanol–water partition coefficient (Wildman–Crippen LogP) is 3.54. The summed E-state index contributed by atoms with van der Waals surface area (Å²) >= 11 is 0. The number of hydrogen-bond donors (Lipinski definition) is 2. The van der Waals surface area contributed by atoms with Crippen LogP contribution in [0.5, 0.6) is 0 Å². The maximum atomic E-state index is 13.2. The molecule has 2 N–H and O–H groups in total. The van der Waals surface area contributed by atoms with E-state index in [1.54, 1.807) is 31.3 Å². The SMILES string of the molecule is Cc1ccc(S(=O)(=O)N(C)[C@H]2CNC[C@@H](C(=O)NCC(c3ccccc3)c3ccccc3)C2)cc1. The Balaban J connectivity index is 1.43. The second-order valence-electron chi connectivity index (χ2n) is 9.20. The molecule has 0 unspecified atom stereocenters. The van der Waals surface area contributed by atoms with Crippen molar-refractivity contribution in [2.75, 3.05) is 26.7 Å². The molecule has 0 spiro atoms. The van der Waals surface area contributed by atoms with Gasteiger partial charge in [-0.05, 0) is 36.6 Å². The second kappa shape index (κ2) is 11.2. The standard InChI is InChI=1S/C28H33N3O3S/c1-21-13-15-26(16-14-21)35(33,34)31(2)25-17-24(18-29-19-25)28(32)30-20-27(22-9-5-3-6-10-22)23-11-7-4-8-12-23/h3-16,24-25,27,29H,17-20H2,1-2H3,(H,30,32)/t24-,25+/m0/s1. The maximum absolute atomic E-state index is 13.2. The Morgan fingerprint density at radius 3 is 2.09 bits per heavy atom. The van der Waals surface area contributed by atoms with Crippen molar-refractivity contribution >= 4 is 15.9 Å². The van der Waals surface area contributed by atoms with Gasteiger partial charge >= 0.3 is 0 Å². The molecule has 1 aliphatic rings. The van der Waals surface area contributed by atoms with E-state index >= 15 is 0 Å². The Morgan fingerprint density at radius 1 is 0.943 bits per heavy atom. The number of amides is 1. The predicted molar refractivity (Wildman–Crippen MR) is 139 cm³/mol. The molecule has 0 saturated carbocycles. The number of carbonyl (C=O) groups is 1. The van der Waals surface area contributed by atoms with Crippen molar-refractivity contribution in [2.24, 2.45) is 5.92 Å². The Kier molecular flexibility index (Phi) is 8.00. The number of benzene rings is 3. The molecule has 35 heavy (non-hydrogen) atoms. The van der Waals surface area contributed by atoms with Crippen LogP contribution in [0.4, 0.5) is 0 Å². The average Bonchev–Trinajstić information content (AvgIpc) is 2.90. The van der Waals surface area contributed by atoms with Crippen LogP contribution < -0.4 is 10.6 Å². The van der Waals surface area contributed by atoms with E-state index < -0.39 is 10.0 Å². The van der Waals surface area contributed by atoms with Gasteiger partial charge in [-0.2, -0.15) is 4.31 Å². The van der Waals surface area contributed by atoms with Gasteiger partial charge in [-0.15, -0.1) is 0 Å². The molecular formula is C28H33N3O3S. The number of carbonyl (C=O) groups excluding carboxylic acids is 1. The summed E-state index contributed by atoms with van der Waals surface area (Å²) in [6.07, 6.45) is 0.474. The Bertz CT molecular complexity index is 1180. The van der Waals surface area contributed by atoms with Crippen molar-refractivity contribution in [2.45, 2.75) is 30.2 Å². The smallest absolute Gasteiger partial charge is 0.243 e. The van der Waals surface area contributed by atoms with Crippen LogP contribution >= 0.6 is 0 Å². The molecule has 2 atom stereocenters. The van der Waals surface area contributed by atoms with Crippen LogP contribution in [0.25, 0.3) is 0 Å². The lowest BCUT2D eigenvalue weighted by atomic mass is 9.90. The van der Waals surface area contributed by atoms with E-state index in [2.05, 4.69) is 34.9 Å². The highest BCUT2D eigenvalue weighted by molar-refractivity contribution is 7.89. The van der Waals surface area contributed by atoms with Crippen LogP contribution in [0.15, 0.2) is 89.8 Å². The first-order valence-corrected chi connectivity index (χ1v) is 13.4. The average molecular weight is 492 g/mol. The number of nitrogens with zero attached hydrogens (tertiary/aromatic N) is 1. The van der Waals surface area contributed by atoms with E-state index in [0.29, 0.717) is 26.1 Å². The third-order valence-corrected chi connectivity index (χ3v) is 8.72. The van der Waals surface area contributed by atoms with Crippen LogP contribution in [0.1, 0.15) is 29.0 Å². The van der Waals surface area contributed by atoms with Crippen molar-refractivity contribution in [1.82, 2.24) is 14.9 Å². The van der Waals surface area contributed by atoms with Gasteiger partial charge in [-0.3, -0.25) is 4.79 Å². The Hall–Kier alpha value is -3.00. The second-order valence-corrected chi connectivity index (χ2v) is 11.2. The molecule has 1 aliphatic heterocycles. The number of rotatable bonds is 8. The van der Waals surface area contributed by atoms with E-state index in [1.165, 1.54) is 4.31 Å². The van der Waals surface area contributed by atoms with Crippen molar-refractivity contribution in [1.29, 1.82) is 0 Å². The molecule has 6 nitrogen and oxygen atoms in total. The van der Waals surface area contributed by atoms with E-state index in [-0.39, 0.29) is 28.7 Å². The van der Waals surface area contributed by atoms with E-state index in [4.69, 9.17) is 0 Å². The minimum Gasteiger partial charge on any atom is -0.355 e. The van der Waals surface area contributed by atoms with Crippen LogP contribution in [0, 0.1) is 12.8 Å². The first-order valence-electron chi connectivity index (χ1n) is 12.0. The van der Waals surface area contributed by atoms with E-state index in [1.807, 2.05) is 43.3 Å². The highest BCUT2D eigenvalue weighted by Crippen LogP contribution is 2.25. The number of likely N-dealkylation sites (N-methyl/N-ethyl adjacent to an activating group) is 1. The minimum absolute atomic E-state index is 0.0401. The Labute approximate surface area is 208 Å². The molecule has 0 radical (unpaired) electrons. The lowest BCUT2D eigenvalue weighted by Gasteiger charge is -2.35. The number of aryl methyl sites for hydroxylation is 1. The molecule has 0 aromatic heterocycles. The fraction of sp³-hybridized carbons (Fsp3) is 0.321. The zero-order valence-electron chi connectivity index (χ0n) is 20.2. The normalized spacial score (nSPS) is 18.5. The molecule has 7 heteroatoms. The van der Waals surface area contributed by atoms with Gasteiger partial charge in [0, 0.05) is 38.6 Å². The van der Waals surface area contributed by atoms with Gasteiger partial charge in [0.05, 0.1) is 10.8 Å². The van der Waals surface area contributed by atoms with Gasteiger partial charge in [0.25, 0.3) is 0 Å². The zero-order valence-corrected chi connectivity index (χ0v) is 21.0. The zero-order chi connectivity index (χ0) is 24.8. The summed E-state index contributed by atoms with van der Waals surface area (Å²) in [4.78, 5) is 13.4. The summed E-state index contributed by atoms with van der Waals surface area (Å²) in [5, 5.41) is 6.40. The first-order chi connectivity index (χ1) is 16.9. The monoisotopic (exact) mass is 491 g/mol. The van der Waals surface area contributed by atoms with Gasteiger partial charge in [0.1, 0.15) is 0 Å². The summed E-state index contributed by atoms with van der Waals surface area (Å²) in [5.74, 6) is -0.324. The van der Waals surface area contributed by atoms with Crippen LogP contribution in [-0.4, -0.2) is 51.4 Å². The van der Waals surface area contributed by atoms with Gasteiger partial charge in [-0.1, -0.05) is 78.4 Å². The minimum atomic E-state index is -3.64. The number of sulfonamides is 1. The quantitative estimate of drug-likeness (QED) is 0.505. The van der Waals surface area contributed by atoms with Gasteiger partial charge in [-0.25, -0.2) is 8.42 Å².